The van der Waals surface area contributed by atoms with Gasteiger partial charge in [-0.1, -0.05) is 30.3 Å². The van der Waals surface area contributed by atoms with Gasteiger partial charge in [0, 0.05) is 6.20 Å². The van der Waals surface area contributed by atoms with Crippen molar-refractivity contribution in [2.24, 2.45) is 0 Å². The van der Waals surface area contributed by atoms with Crippen molar-refractivity contribution in [1.82, 2.24) is 4.98 Å². The van der Waals surface area contributed by atoms with Gasteiger partial charge in [0.25, 0.3) is 0 Å². The zero-order valence-corrected chi connectivity index (χ0v) is 11.8. The van der Waals surface area contributed by atoms with Gasteiger partial charge in [-0.05, 0) is 24.6 Å². The molecule has 0 saturated heterocycles. The monoisotopic (exact) mass is 283 g/mol. The van der Waals surface area contributed by atoms with Gasteiger partial charge in [-0.2, -0.15) is 0 Å². The first kappa shape index (κ1) is 13.4. The molecule has 5 heteroatoms. The molecule has 1 atom stereocenters. The summed E-state index contributed by atoms with van der Waals surface area (Å²) in [7, 11) is 0. The molecule has 0 radical (unpaired) electrons. The molecule has 1 aromatic heterocycles. The number of fused-ring (bicyclic) bond motifs is 1. The van der Waals surface area contributed by atoms with Crippen LogP contribution in [0.2, 0.25) is 0 Å². The molecule has 0 spiro atoms. The van der Waals surface area contributed by atoms with Crippen molar-refractivity contribution in [2.45, 2.75) is 13.1 Å². The molecule has 2 aromatic rings. The van der Waals surface area contributed by atoms with E-state index in [9.17, 15) is 4.79 Å². The number of nitrogens with one attached hydrogen (secondary N) is 1. The summed E-state index contributed by atoms with van der Waals surface area (Å²) < 4.78 is 5.07. The normalized spacial score (nSPS) is 16.2. The Morgan fingerprint density at radius 3 is 2.86 bits per heavy atom. The lowest BCUT2D eigenvalue weighted by molar-refractivity contribution is -0.141. The number of carbonyl (C=O) groups is 1. The quantitative estimate of drug-likeness (QED) is 0.874. The molecule has 0 saturated carbocycles. The third kappa shape index (κ3) is 2.67. The molecule has 1 aliphatic heterocycles. The molecule has 21 heavy (non-hydrogen) atoms. The summed E-state index contributed by atoms with van der Waals surface area (Å²) >= 11 is 0. The van der Waals surface area contributed by atoms with Gasteiger partial charge >= 0.3 is 5.97 Å². The highest BCUT2D eigenvalue weighted by Gasteiger charge is 2.32. The van der Waals surface area contributed by atoms with E-state index in [1.54, 1.807) is 6.20 Å². The fraction of sp³-hybridized carbons (Fsp3) is 0.250. The smallest absolute Gasteiger partial charge is 0.325 e. The fourth-order valence-corrected chi connectivity index (χ4v) is 2.51. The van der Waals surface area contributed by atoms with Crippen LogP contribution in [0.3, 0.4) is 0 Å². The average molecular weight is 283 g/mol. The van der Waals surface area contributed by atoms with Gasteiger partial charge < -0.3 is 15.0 Å². The van der Waals surface area contributed by atoms with Gasteiger partial charge in [0.1, 0.15) is 12.7 Å². The molecule has 108 valence electrons. The van der Waals surface area contributed by atoms with E-state index in [2.05, 4.69) is 10.3 Å². The van der Waals surface area contributed by atoms with E-state index >= 15 is 0 Å². The summed E-state index contributed by atoms with van der Waals surface area (Å²) in [5, 5.41) is 3.36. The second-order valence-corrected chi connectivity index (χ2v) is 4.76. The predicted octanol–water partition coefficient (Wildman–Crippen LogP) is 2.58. The van der Waals surface area contributed by atoms with Gasteiger partial charge in [-0.3, -0.25) is 4.79 Å². The van der Waals surface area contributed by atoms with Crippen molar-refractivity contribution in [3.8, 4) is 0 Å². The van der Waals surface area contributed by atoms with Crippen LogP contribution < -0.4 is 10.2 Å². The Morgan fingerprint density at radius 2 is 2.10 bits per heavy atom. The summed E-state index contributed by atoms with van der Waals surface area (Å²) in [6.45, 7) is 2.39. The summed E-state index contributed by atoms with van der Waals surface area (Å²) in [4.78, 5) is 18.2. The first-order chi connectivity index (χ1) is 10.3. The van der Waals surface area contributed by atoms with Gasteiger partial charge in [-0.15, -0.1) is 0 Å². The van der Waals surface area contributed by atoms with Gasteiger partial charge in [0.15, 0.2) is 5.82 Å². The highest BCUT2D eigenvalue weighted by atomic mass is 16.5. The van der Waals surface area contributed by atoms with Crippen molar-refractivity contribution in [1.29, 1.82) is 0 Å². The Hall–Kier alpha value is -2.56. The van der Waals surface area contributed by atoms with Crippen LogP contribution in [0.4, 0.5) is 11.5 Å². The van der Waals surface area contributed by atoms with Crippen LogP contribution in [0.5, 0.6) is 0 Å². The largest absolute Gasteiger partial charge is 0.465 e. The van der Waals surface area contributed by atoms with Crippen LogP contribution in [0, 0.1) is 0 Å². The number of nitrogens with zero attached hydrogens (tertiary/aromatic N) is 2. The van der Waals surface area contributed by atoms with E-state index in [0.29, 0.717) is 6.61 Å². The van der Waals surface area contributed by atoms with Crippen molar-refractivity contribution in [3.05, 3.63) is 54.2 Å². The van der Waals surface area contributed by atoms with Crippen LogP contribution in [0.25, 0.3) is 0 Å². The van der Waals surface area contributed by atoms with Gasteiger partial charge in [-0.25, -0.2) is 4.98 Å². The zero-order valence-electron chi connectivity index (χ0n) is 11.8. The lowest BCUT2D eigenvalue weighted by Crippen LogP contribution is -2.34. The number of hydrogen-bond acceptors (Lipinski definition) is 5. The van der Waals surface area contributed by atoms with Crippen molar-refractivity contribution in [3.63, 3.8) is 0 Å². The lowest BCUT2D eigenvalue weighted by Gasteiger charge is -2.25. The molecular formula is C16H17N3O2. The number of aromatic nitrogens is 1. The third-order valence-corrected chi connectivity index (χ3v) is 3.40. The molecule has 0 fully saturated rings. The van der Waals surface area contributed by atoms with Crippen LogP contribution in [-0.2, 0) is 9.53 Å². The molecule has 0 bridgehead atoms. The van der Waals surface area contributed by atoms with Gasteiger partial charge in [0.05, 0.1) is 12.3 Å². The molecule has 2 heterocycles. The van der Waals surface area contributed by atoms with E-state index in [1.165, 1.54) is 0 Å². The number of hydrogen-bond donors (Lipinski definition) is 1. The van der Waals surface area contributed by atoms with E-state index in [1.807, 2.05) is 54.3 Å². The molecule has 1 N–H and O–H groups in total. The number of esters is 1. The fourth-order valence-electron chi connectivity index (χ4n) is 2.51. The lowest BCUT2D eigenvalue weighted by atomic mass is 10.1. The summed E-state index contributed by atoms with van der Waals surface area (Å²) in [5.41, 5.74) is 2.00. The average Bonchev–Trinajstić information content (AvgIpc) is 2.87. The van der Waals surface area contributed by atoms with E-state index in [-0.39, 0.29) is 18.7 Å². The summed E-state index contributed by atoms with van der Waals surface area (Å²) in [6.07, 6.45) is 1.63. The van der Waals surface area contributed by atoms with Crippen molar-refractivity contribution >= 4 is 17.5 Å². The molecular weight excluding hydrogens is 266 g/mol. The number of carbonyl (C=O) groups excluding carboxylic acids is 1. The zero-order chi connectivity index (χ0) is 14.7. The standard InChI is InChI=1S/C16H17N3O2/c1-2-21-14(20)11-19-13-9-6-10-17-15(13)18-16(19)12-7-4-3-5-8-12/h3-10,16H,2,11H2,1H3,(H,17,18). The molecule has 0 aliphatic carbocycles. The summed E-state index contributed by atoms with van der Waals surface area (Å²) in [5.74, 6) is 0.549. The minimum absolute atomic E-state index is 0.111. The first-order valence-electron chi connectivity index (χ1n) is 6.98. The number of benzene rings is 1. The SMILES string of the molecule is CCOC(=O)CN1c2cccnc2NC1c1ccccc1. The summed E-state index contributed by atoms with van der Waals surface area (Å²) in [6, 6.07) is 13.8. The number of anilines is 2. The van der Waals surface area contributed by atoms with E-state index in [0.717, 1.165) is 17.1 Å². The van der Waals surface area contributed by atoms with Gasteiger partial charge in [0.2, 0.25) is 0 Å². The van der Waals surface area contributed by atoms with Crippen LogP contribution in [0.1, 0.15) is 18.7 Å². The minimum atomic E-state index is -0.239. The second-order valence-electron chi connectivity index (χ2n) is 4.76. The Balaban J connectivity index is 1.91. The highest BCUT2D eigenvalue weighted by Crippen LogP contribution is 2.39. The maximum Gasteiger partial charge on any atom is 0.325 e. The topological polar surface area (TPSA) is 54.5 Å². The van der Waals surface area contributed by atoms with Crippen LogP contribution in [0.15, 0.2) is 48.7 Å². The van der Waals surface area contributed by atoms with Crippen molar-refractivity contribution in [2.75, 3.05) is 23.4 Å². The Labute approximate surface area is 123 Å². The third-order valence-electron chi connectivity index (χ3n) is 3.40. The molecule has 1 aliphatic rings. The maximum atomic E-state index is 11.9. The minimum Gasteiger partial charge on any atom is -0.465 e. The second kappa shape index (κ2) is 5.83. The number of rotatable bonds is 4. The van der Waals surface area contributed by atoms with E-state index in [4.69, 9.17) is 4.74 Å². The van der Waals surface area contributed by atoms with Crippen molar-refractivity contribution < 1.29 is 9.53 Å². The Bertz CT molecular complexity index is 630. The number of pyridine rings is 1. The van der Waals surface area contributed by atoms with Crippen LogP contribution >= 0.6 is 0 Å². The molecule has 5 nitrogen and oxygen atoms in total. The maximum absolute atomic E-state index is 11.9. The predicted molar refractivity (Wildman–Crippen MR) is 81.0 cm³/mol. The molecule has 3 rings (SSSR count). The molecule has 1 unspecified atom stereocenters. The Kier molecular flexibility index (Phi) is 3.73. The number of ether oxygens (including phenoxy) is 1. The van der Waals surface area contributed by atoms with E-state index < -0.39 is 0 Å². The Morgan fingerprint density at radius 1 is 1.29 bits per heavy atom. The molecule has 0 amide bonds. The first-order valence-corrected chi connectivity index (χ1v) is 6.98. The highest BCUT2D eigenvalue weighted by molar-refractivity contribution is 5.81. The molecule has 1 aromatic carbocycles. The van der Waals surface area contributed by atoms with Crippen LogP contribution in [-0.4, -0.2) is 24.1 Å².